The van der Waals surface area contributed by atoms with Crippen molar-refractivity contribution >= 4 is 21.4 Å². The summed E-state index contributed by atoms with van der Waals surface area (Å²) in [6.07, 6.45) is 2.23. The Morgan fingerprint density at radius 1 is 1.40 bits per heavy atom. The van der Waals surface area contributed by atoms with Gasteiger partial charge in [0.1, 0.15) is 0 Å². The summed E-state index contributed by atoms with van der Waals surface area (Å²) in [5.41, 5.74) is -0.963. The van der Waals surface area contributed by atoms with Crippen molar-refractivity contribution in [1.29, 1.82) is 0 Å². The van der Waals surface area contributed by atoms with Gasteiger partial charge in [-0.05, 0) is 25.3 Å². The molecule has 1 aliphatic rings. The molecule has 0 bridgehead atoms. The van der Waals surface area contributed by atoms with E-state index in [9.17, 15) is 23.6 Å². The van der Waals surface area contributed by atoms with Crippen LogP contribution in [-0.2, 0) is 10.0 Å². The average Bonchev–Trinajstić information content (AvgIpc) is 2.32. The molecule has 0 amide bonds. The summed E-state index contributed by atoms with van der Waals surface area (Å²) in [5.74, 6) is 0. The summed E-state index contributed by atoms with van der Waals surface area (Å²) in [4.78, 5) is 9.76. The maximum absolute atomic E-state index is 11.3. The molecule has 0 aliphatic heterocycles. The van der Waals surface area contributed by atoms with Crippen LogP contribution < -0.4 is 10.5 Å². The van der Waals surface area contributed by atoms with Gasteiger partial charge in [-0.25, -0.2) is 13.6 Å². The molecule has 1 aliphatic carbocycles. The zero-order valence-corrected chi connectivity index (χ0v) is 11.4. The van der Waals surface area contributed by atoms with Crippen LogP contribution in [0, 0.1) is 10.1 Å². The van der Waals surface area contributed by atoms with Crippen LogP contribution in [0.5, 0.6) is 0 Å². The highest BCUT2D eigenvalue weighted by Gasteiger charge is 2.34. The maximum atomic E-state index is 11.3. The molecule has 0 radical (unpaired) electrons. The molecule has 110 valence electrons. The van der Waals surface area contributed by atoms with Gasteiger partial charge in [0.2, 0.25) is 10.0 Å². The van der Waals surface area contributed by atoms with E-state index in [2.05, 4.69) is 5.32 Å². The molecule has 0 heterocycles. The number of nitrogens with zero attached hydrogens (tertiary/aromatic N) is 1. The molecule has 1 aromatic carbocycles. The fourth-order valence-corrected chi connectivity index (χ4v) is 2.56. The molecule has 0 aromatic heterocycles. The highest BCUT2D eigenvalue weighted by atomic mass is 32.2. The number of nitrogens with one attached hydrogen (secondary N) is 1. The van der Waals surface area contributed by atoms with Crippen LogP contribution in [-0.4, -0.2) is 30.6 Å². The highest BCUT2D eigenvalue weighted by Crippen LogP contribution is 2.32. The summed E-state index contributed by atoms with van der Waals surface area (Å²) in [5, 5.41) is 28.5. The molecule has 0 atom stereocenters. The largest absolute Gasteiger partial charge is 0.388 e. The van der Waals surface area contributed by atoms with Crippen molar-refractivity contribution in [3.05, 3.63) is 28.3 Å². The Hall–Kier alpha value is -1.71. The second-order valence-corrected chi connectivity index (χ2v) is 6.51. The van der Waals surface area contributed by atoms with E-state index in [1.165, 1.54) is 12.1 Å². The summed E-state index contributed by atoms with van der Waals surface area (Å²) < 4.78 is 22.6. The molecule has 0 saturated heterocycles. The number of hydrogen-bond acceptors (Lipinski definition) is 6. The molecule has 2 rings (SSSR count). The Morgan fingerprint density at radius 3 is 2.50 bits per heavy atom. The smallest absolute Gasteiger partial charge is 0.272 e. The van der Waals surface area contributed by atoms with E-state index in [4.69, 9.17) is 5.14 Å². The first-order valence-electron chi connectivity index (χ1n) is 5.98. The first-order chi connectivity index (χ1) is 9.20. The third kappa shape index (κ3) is 3.24. The predicted molar refractivity (Wildman–Crippen MR) is 71.8 cm³/mol. The third-order valence-electron chi connectivity index (χ3n) is 3.34. The molecule has 4 N–H and O–H groups in total. The second-order valence-electron chi connectivity index (χ2n) is 4.95. The van der Waals surface area contributed by atoms with Crippen molar-refractivity contribution in [3.8, 4) is 0 Å². The van der Waals surface area contributed by atoms with Crippen LogP contribution in [0.15, 0.2) is 23.1 Å². The third-order valence-corrected chi connectivity index (χ3v) is 4.23. The molecule has 0 unspecified atom stereocenters. The molecule has 1 saturated carbocycles. The van der Waals surface area contributed by atoms with Crippen molar-refractivity contribution in [3.63, 3.8) is 0 Å². The van der Waals surface area contributed by atoms with E-state index in [-0.39, 0.29) is 22.8 Å². The minimum Gasteiger partial charge on any atom is -0.388 e. The SMILES string of the molecule is NS(=O)(=O)c1cc(NCC2(O)CCC2)cc([N+](=O)[O-])c1. The number of anilines is 1. The van der Waals surface area contributed by atoms with Crippen molar-refractivity contribution in [1.82, 2.24) is 0 Å². The summed E-state index contributed by atoms with van der Waals surface area (Å²) in [6.45, 7) is 0.207. The van der Waals surface area contributed by atoms with Crippen molar-refractivity contribution in [2.24, 2.45) is 5.14 Å². The van der Waals surface area contributed by atoms with Gasteiger partial charge in [-0.1, -0.05) is 0 Å². The number of rotatable bonds is 5. The number of non-ortho nitro benzene ring substituents is 1. The maximum Gasteiger partial charge on any atom is 0.272 e. The Bertz CT molecular complexity index is 639. The molecular weight excluding hydrogens is 286 g/mol. The van der Waals surface area contributed by atoms with Gasteiger partial charge < -0.3 is 10.4 Å². The van der Waals surface area contributed by atoms with Crippen molar-refractivity contribution in [2.45, 2.75) is 29.8 Å². The number of sulfonamides is 1. The van der Waals surface area contributed by atoms with Gasteiger partial charge in [0.15, 0.2) is 0 Å². The van der Waals surface area contributed by atoms with Crippen molar-refractivity contribution in [2.75, 3.05) is 11.9 Å². The quantitative estimate of drug-likeness (QED) is 0.537. The first kappa shape index (κ1) is 14.7. The molecule has 1 fully saturated rings. The van der Waals surface area contributed by atoms with E-state index in [0.717, 1.165) is 12.5 Å². The van der Waals surface area contributed by atoms with Gasteiger partial charge in [0.05, 0.1) is 15.4 Å². The van der Waals surface area contributed by atoms with Crippen molar-refractivity contribution < 1.29 is 18.4 Å². The standard InChI is InChI=1S/C11H15N3O5S/c12-20(18,19)10-5-8(4-9(6-10)14(16)17)13-7-11(15)2-1-3-11/h4-6,13,15H,1-3,7H2,(H2,12,18,19). The van der Waals surface area contributed by atoms with Crippen LogP contribution in [0.25, 0.3) is 0 Å². The first-order valence-corrected chi connectivity index (χ1v) is 7.53. The lowest BCUT2D eigenvalue weighted by Crippen LogP contribution is -2.43. The number of nitro groups is 1. The number of hydrogen-bond donors (Lipinski definition) is 3. The summed E-state index contributed by atoms with van der Waals surface area (Å²) in [6, 6.07) is 3.32. The van der Waals surface area contributed by atoms with E-state index in [1.807, 2.05) is 0 Å². The van der Waals surface area contributed by atoms with E-state index < -0.39 is 20.5 Å². The zero-order valence-electron chi connectivity index (χ0n) is 10.6. The van der Waals surface area contributed by atoms with Crippen LogP contribution in [0.1, 0.15) is 19.3 Å². The molecule has 1 aromatic rings. The summed E-state index contributed by atoms with van der Waals surface area (Å²) >= 11 is 0. The summed E-state index contributed by atoms with van der Waals surface area (Å²) in [7, 11) is -4.03. The number of benzene rings is 1. The van der Waals surface area contributed by atoms with Gasteiger partial charge in [0, 0.05) is 24.4 Å². The lowest BCUT2D eigenvalue weighted by atomic mass is 9.80. The molecule has 20 heavy (non-hydrogen) atoms. The number of nitrogens with two attached hydrogens (primary N) is 1. The fourth-order valence-electron chi connectivity index (χ4n) is 1.98. The fraction of sp³-hybridized carbons (Fsp3) is 0.455. The van der Waals surface area contributed by atoms with E-state index in [1.54, 1.807) is 0 Å². The number of primary sulfonamides is 1. The highest BCUT2D eigenvalue weighted by molar-refractivity contribution is 7.89. The van der Waals surface area contributed by atoms with E-state index in [0.29, 0.717) is 12.8 Å². The van der Waals surface area contributed by atoms with E-state index >= 15 is 0 Å². The van der Waals surface area contributed by atoms with Gasteiger partial charge in [0.25, 0.3) is 5.69 Å². The Labute approximate surface area is 115 Å². The lowest BCUT2D eigenvalue weighted by Gasteiger charge is -2.36. The Kier molecular flexibility index (Phi) is 3.67. The Morgan fingerprint density at radius 2 is 2.05 bits per heavy atom. The molecule has 9 heteroatoms. The lowest BCUT2D eigenvalue weighted by molar-refractivity contribution is -0.385. The van der Waals surface area contributed by atoms with Crippen LogP contribution >= 0.6 is 0 Å². The van der Waals surface area contributed by atoms with Gasteiger partial charge in [-0.3, -0.25) is 10.1 Å². The van der Waals surface area contributed by atoms with Gasteiger partial charge in [-0.2, -0.15) is 0 Å². The van der Waals surface area contributed by atoms with Gasteiger partial charge in [-0.15, -0.1) is 0 Å². The second kappa shape index (κ2) is 5.00. The zero-order chi connectivity index (χ0) is 15.0. The minimum absolute atomic E-state index is 0.207. The normalized spacial score (nSPS) is 17.3. The predicted octanol–water partition coefficient (Wildman–Crippen LogP) is 0.569. The van der Waals surface area contributed by atoms with Crippen LogP contribution in [0.4, 0.5) is 11.4 Å². The van der Waals surface area contributed by atoms with Crippen LogP contribution in [0.3, 0.4) is 0 Å². The molecular formula is C11H15N3O5S. The monoisotopic (exact) mass is 301 g/mol. The molecule has 8 nitrogen and oxygen atoms in total. The average molecular weight is 301 g/mol. The van der Waals surface area contributed by atoms with Gasteiger partial charge >= 0.3 is 0 Å². The molecule has 0 spiro atoms. The topological polar surface area (TPSA) is 136 Å². The Balaban J connectivity index is 2.27. The minimum atomic E-state index is -4.03. The van der Waals surface area contributed by atoms with Crippen LogP contribution in [0.2, 0.25) is 0 Å². The number of nitro benzene ring substituents is 1. The number of aliphatic hydroxyl groups is 1.